The maximum Gasteiger partial charge on any atom is 0.131 e. The fourth-order valence-electron chi connectivity index (χ4n) is 2.14. The van der Waals surface area contributed by atoms with Gasteiger partial charge in [-0.25, -0.2) is 4.39 Å². The maximum atomic E-state index is 13.9. The second-order valence-electron chi connectivity index (χ2n) is 4.69. The van der Waals surface area contributed by atoms with Crippen LogP contribution in [0.25, 0.3) is 0 Å². The van der Waals surface area contributed by atoms with Crippen molar-refractivity contribution in [2.24, 2.45) is 5.73 Å². The first kappa shape index (κ1) is 13.6. The molecule has 2 aromatic carbocycles. The minimum absolute atomic E-state index is 0.320. The highest BCUT2D eigenvalue weighted by Gasteiger charge is 2.13. The monoisotopic (exact) mass is 259 g/mol. The van der Waals surface area contributed by atoms with E-state index in [0.717, 1.165) is 5.56 Å². The fraction of sp³-hybridized carbons (Fsp3) is 0.250. The third-order valence-electron chi connectivity index (χ3n) is 3.15. The molecule has 1 unspecified atom stereocenters. The van der Waals surface area contributed by atoms with E-state index in [1.165, 1.54) is 18.7 Å². The van der Waals surface area contributed by atoms with E-state index in [-0.39, 0.29) is 11.9 Å². The quantitative estimate of drug-likeness (QED) is 0.913. The van der Waals surface area contributed by atoms with Crippen LogP contribution in [0.15, 0.2) is 42.5 Å². The number of aryl methyl sites for hydroxylation is 1. The Morgan fingerprint density at radius 3 is 2.63 bits per heavy atom. The topological polar surface area (TPSA) is 35.2 Å². The van der Waals surface area contributed by atoms with Crippen LogP contribution in [0.1, 0.15) is 22.7 Å². The van der Waals surface area contributed by atoms with Crippen LogP contribution in [0.5, 0.6) is 5.75 Å². The van der Waals surface area contributed by atoms with Gasteiger partial charge < -0.3 is 10.5 Å². The molecule has 0 bridgehead atoms. The van der Waals surface area contributed by atoms with Crippen molar-refractivity contribution in [3.63, 3.8) is 0 Å². The molecule has 0 fully saturated rings. The van der Waals surface area contributed by atoms with Gasteiger partial charge in [0.1, 0.15) is 11.6 Å². The molecule has 2 rings (SSSR count). The number of halogens is 1. The summed E-state index contributed by atoms with van der Waals surface area (Å²) in [6, 6.07) is 12.5. The number of hydrogen-bond acceptors (Lipinski definition) is 2. The molecule has 2 aromatic rings. The van der Waals surface area contributed by atoms with E-state index < -0.39 is 0 Å². The predicted octanol–water partition coefficient (Wildman–Crippen LogP) is 3.39. The standard InChI is InChI=1S/C16H18FNO/c1-11-4-3-5-12(8-11)9-16(18)14-7-6-13(19-2)10-15(14)17/h3-8,10,16H,9,18H2,1-2H3. The third-order valence-corrected chi connectivity index (χ3v) is 3.15. The molecule has 0 saturated carbocycles. The largest absolute Gasteiger partial charge is 0.497 e. The maximum absolute atomic E-state index is 13.9. The van der Waals surface area contributed by atoms with Gasteiger partial charge in [0.15, 0.2) is 0 Å². The molecule has 100 valence electrons. The Labute approximate surface area is 113 Å². The summed E-state index contributed by atoms with van der Waals surface area (Å²) in [6.45, 7) is 2.03. The van der Waals surface area contributed by atoms with Crippen molar-refractivity contribution >= 4 is 0 Å². The first-order valence-electron chi connectivity index (χ1n) is 6.24. The second kappa shape index (κ2) is 5.85. The van der Waals surface area contributed by atoms with Gasteiger partial charge in [-0.15, -0.1) is 0 Å². The fourth-order valence-corrected chi connectivity index (χ4v) is 2.14. The first-order chi connectivity index (χ1) is 9.10. The summed E-state index contributed by atoms with van der Waals surface area (Å²) >= 11 is 0. The molecule has 0 saturated heterocycles. The van der Waals surface area contributed by atoms with Crippen LogP contribution in [-0.4, -0.2) is 7.11 Å². The van der Waals surface area contributed by atoms with Gasteiger partial charge in [-0.05, 0) is 25.0 Å². The Balaban J connectivity index is 2.18. The normalized spacial score (nSPS) is 12.2. The Bertz CT molecular complexity index is 568. The van der Waals surface area contributed by atoms with Crippen LogP contribution in [0.2, 0.25) is 0 Å². The minimum Gasteiger partial charge on any atom is -0.497 e. The van der Waals surface area contributed by atoms with Gasteiger partial charge in [0.2, 0.25) is 0 Å². The average molecular weight is 259 g/mol. The van der Waals surface area contributed by atoms with E-state index in [4.69, 9.17) is 10.5 Å². The third kappa shape index (κ3) is 3.32. The molecule has 0 aliphatic rings. The SMILES string of the molecule is COc1ccc(C(N)Cc2cccc(C)c2)c(F)c1. The van der Waals surface area contributed by atoms with Crippen molar-refractivity contribution in [2.75, 3.05) is 7.11 Å². The second-order valence-corrected chi connectivity index (χ2v) is 4.69. The number of methoxy groups -OCH3 is 1. The lowest BCUT2D eigenvalue weighted by Gasteiger charge is -2.14. The molecule has 3 heteroatoms. The van der Waals surface area contributed by atoms with E-state index >= 15 is 0 Å². The summed E-state index contributed by atoms with van der Waals surface area (Å²) in [7, 11) is 1.52. The van der Waals surface area contributed by atoms with Gasteiger partial charge in [0, 0.05) is 17.7 Å². The van der Waals surface area contributed by atoms with Crippen molar-refractivity contribution in [1.29, 1.82) is 0 Å². The molecule has 0 heterocycles. The summed E-state index contributed by atoms with van der Waals surface area (Å²) in [5.41, 5.74) is 8.90. The highest BCUT2D eigenvalue weighted by Crippen LogP contribution is 2.23. The highest BCUT2D eigenvalue weighted by molar-refractivity contribution is 5.32. The summed E-state index contributed by atoms with van der Waals surface area (Å²) in [5, 5.41) is 0. The number of rotatable bonds is 4. The Hall–Kier alpha value is -1.87. The minimum atomic E-state index is -0.354. The number of ether oxygens (including phenoxy) is 1. The molecule has 0 amide bonds. The number of hydrogen-bond donors (Lipinski definition) is 1. The van der Waals surface area contributed by atoms with Gasteiger partial charge >= 0.3 is 0 Å². The molecule has 0 aliphatic heterocycles. The molecule has 0 aliphatic carbocycles. The molecule has 19 heavy (non-hydrogen) atoms. The zero-order valence-electron chi connectivity index (χ0n) is 11.2. The Morgan fingerprint density at radius 1 is 1.21 bits per heavy atom. The predicted molar refractivity (Wildman–Crippen MR) is 74.8 cm³/mol. The molecule has 0 spiro atoms. The van der Waals surface area contributed by atoms with Gasteiger partial charge in [-0.1, -0.05) is 35.9 Å². The van der Waals surface area contributed by atoms with Crippen molar-refractivity contribution in [3.8, 4) is 5.75 Å². The van der Waals surface area contributed by atoms with Gasteiger partial charge in [-0.2, -0.15) is 0 Å². The molecule has 2 nitrogen and oxygen atoms in total. The van der Waals surface area contributed by atoms with Gasteiger partial charge in [-0.3, -0.25) is 0 Å². The highest BCUT2D eigenvalue weighted by atomic mass is 19.1. The lowest BCUT2D eigenvalue weighted by atomic mass is 9.98. The van der Waals surface area contributed by atoms with E-state index in [0.29, 0.717) is 17.7 Å². The Kier molecular flexibility index (Phi) is 4.17. The van der Waals surface area contributed by atoms with Crippen LogP contribution in [0, 0.1) is 12.7 Å². The van der Waals surface area contributed by atoms with Crippen LogP contribution < -0.4 is 10.5 Å². The van der Waals surface area contributed by atoms with Crippen LogP contribution in [0.4, 0.5) is 4.39 Å². The van der Waals surface area contributed by atoms with Crippen molar-refractivity contribution in [3.05, 3.63) is 65.0 Å². The summed E-state index contributed by atoms with van der Waals surface area (Å²) in [5.74, 6) is 0.184. The number of nitrogens with two attached hydrogens (primary N) is 1. The van der Waals surface area contributed by atoms with E-state index in [9.17, 15) is 4.39 Å². The molecule has 1 atom stereocenters. The molecule has 0 radical (unpaired) electrons. The number of benzene rings is 2. The average Bonchev–Trinajstić information content (AvgIpc) is 2.38. The zero-order valence-corrected chi connectivity index (χ0v) is 11.2. The Morgan fingerprint density at radius 2 is 2.00 bits per heavy atom. The smallest absolute Gasteiger partial charge is 0.131 e. The summed E-state index contributed by atoms with van der Waals surface area (Å²) in [4.78, 5) is 0. The van der Waals surface area contributed by atoms with Crippen molar-refractivity contribution in [1.82, 2.24) is 0 Å². The molecular weight excluding hydrogens is 241 g/mol. The molecular formula is C16H18FNO. The summed E-state index contributed by atoms with van der Waals surface area (Å²) in [6.07, 6.45) is 0.616. The lowest BCUT2D eigenvalue weighted by molar-refractivity contribution is 0.410. The molecule has 0 aromatic heterocycles. The first-order valence-corrected chi connectivity index (χ1v) is 6.24. The van der Waals surface area contributed by atoms with Crippen LogP contribution in [-0.2, 0) is 6.42 Å². The van der Waals surface area contributed by atoms with Crippen LogP contribution >= 0.6 is 0 Å². The van der Waals surface area contributed by atoms with Crippen molar-refractivity contribution in [2.45, 2.75) is 19.4 Å². The van der Waals surface area contributed by atoms with Crippen LogP contribution in [0.3, 0.4) is 0 Å². The lowest BCUT2D eigenvalue weighted by Crippen LogP contribution is -2.15. The summed E-state index contributed by atoms with van der Waals surface area (Å²) < 4.78 is 18.9. The van der Waals surface area contributed by atoms with E-state index in [1.54, 1.807) is 12.1 Å². The molecule has 2 N–H and O–H groups in total. The van der Waals surface area contributed by atoms with E-state index in [2.05, 4.69) is 6.07 Å². The zero-order chi connectivity index (χ0) is 13.8. The van der Waals surface area contributed by atoms with Gasteiger partial charge in [0.05, 0.1) is 7.11 Å². The van der Waals surface area contributed by atoms with Crippen molar-refractivity contribution < 1.29 is 9.13 Å². The van der Waals surface area contributed by atoms with Gasteiger partial charge in [0.25, 0.3) is 0 Å². The van der Waals surface area contributed by atoms with E-state index in [1.807, 2.05) is 25.1 Å².